The maximum atomic E-state index is 11.8. The number of carbonyl (C=O) groups is 2. The summed E-state index contributed by atoms with van der Waals surface area (Å²) >= 11 is 0. The van der Waals surface area contributed by atoms with Crippen LogP contribution in [0, 0.1) is 5.92 Å². The highest BCUT2D eigenvalue weighted by molar-refractivity contribution is 5.86. The summed E-state index contributed by atoms with van der Waals surface area (Å²) in [4.78, 5) is 25.2. The first-order valence-corrected chi connectivity index (χ1v) is 6.69. The molecule has 1 amide bonds. The van der Waals surface area contributed by atoms with Crippen LogP contribution in [0.25, 0.3) is 0 Å². The van der Waals surface area contributed by atoms with Crippen molar-refractivity contribution in [3.8, 4) is 0 Å². The number of carbonyl (C=O) groups excluding carboxylic acids is 2. The van der Waals surface area contributed by atoms with Crippen LogP contribution in [0.15, 0.2) is 30.3 Å². The quantitative estimate of drug-likeness (QED) is 0.757. The third kappa shape index (κ3) is 3.56. The van der Waals surface area contributed by atoms with Crippen molar-refractivity contribution in [1.29, 1.82) is 0 Å². The number of benzene rings is 1. The minimum absolute atomic E-state index is 0.0500. The molecule has 0 spiro atoms. The topological polar surface area (TPSA) is 46.6 Å². The molecule has 0 aliphatic carbocycles. The third-order valence-electron chi connectivity index (χ3n) is 3.35. The average molecular weight is 261 g/mol. The lowest BCUT2D eigenvalue weighted by Gasteiger charge is -2.16. The van der Waals surface area contributed by atoms with Gasteiger partial charge in [-0.1, -0.05) is 30.3 Å². The van der Waals surface area contributed by atoms with E-state index in [1.165, 1.54) is 5.56 Å². The van der Waals surface area contributed by atoms with E-state index in [0.29, 0.717) is 19.7 Å². The highest BCUT2D eigenvalue weighted by atomic mass is 16.5. The summed E-state index contributed by atoms with van der Waals surface area (Å²) < 4.78 is 4.97. The first kappa shape index (κ1) is 13.6. The van der Waals surface area contributed by atoms with Crippen LogP contribution >= 0.6 is 0 Å². The van der Waals surface area contributed by atoms with E-state index in [-0.39, 0.29) is 24.2 Å². The van der Waals surface area contributed by atoms with E-state index in [9.17, 15) is 9.59 Å². The fourth-order valence-corrected chi connectivity index (χ4v) is 2.31. The molecule has 0 saturated carbocycles. The lowest BCUT2D eigenvalue weighted by Crippen LogP contribution is -2.28. The van der Waals surface area contributed by atoms with E-state index in [1.54, 1.807) is 11.8 Å². The molecule has 1 fully saturated rings. The van der Waals surface area contributed by atoms with Crippen molar-refractivity contribution in [3.05, 3.63) is 35.9 Å². The van der Waals surface area contributed by atoms with Crippen LogP contribution in [-0.2, 0) is 20.7 Å². The molecular formula is C15H19NO3. The summed E-state index contributed by atoms with van der Waals surface area (Å²) in [7, 11) is 0. The number of likely N-dealkylation sites (tertiary alicyclic amines) is 1. The number of ether oxygens (including phenoxy) is 1. The fraction of sp³-hybridized carbons (Fsp3) is 0.467. The van der Waals surface area contributed by atoms with Crippen molar-refractivity contribution in [3.63, 3.8) is 0 Å². The van der Waals surface area contributed by atoms with Crippen molar-refractivity contribution in [2.24, 2.45) is 5.92 Å². The molecule has 4 heteroatoms. The zero-order valence-electron chi connectivity index (χ0n) is 11.2. The second-order valence-electron chi connectivity index (χ2n) is 4.73. The lowest BCUT2D eigenvalue weighted by molar-refractivity contribution is -0.147. The molecule has 1 saturated heterocycles. The largest absolute Gasteiger partial charge is 0.466 e. The van der Waals surface area contributed by atoms with Gasteiger partial charge in [0.25, 0.3) is 0 Å². The molecule has 0 N–H and O–H groups in total. The zero-order chi connectivity index (χ0) is 13.7. The second kappa shape index (κ2) is 6.36. The molecule has 1 aromatic carbocycles. The Morgan fingerprint density at radius 3 is 2.79 bits per heavy atom. The molecule has 1 aliphatic rings. The van der Waals surface area contributed by atoms with Gasteiger partial charge in [-0.25, -0.2) is 0 Å². The monoisotopic (exact) mass is 261 g/mol. The second-order valence-corrected chi connectivity index (χ2v) is 4.73. The van der Waals surface area contributed by atoms with Crippen molar-refractivity contribution < 1.29 is 14.3 Å². The molecule has 0 radical (unpaired) electrons. The number of rotatable bonds is 5. The minimum Gasteiger partial charge on any atom is -0.466 e. The van der Waals surface area contributed by atoms with Gasteiger partial charge in [0, 0.05) is 19.5 Å². The summed E-state index contributed by atoms with van der Waals surface area (Å²) in [6, 6.07) is 10.0. The van der Waals surface area contributed by atoms with Crippen LogP contribution in [0.5, 0.6) is 0 Å². The average Bonchev–Trinajstić information content (AvgIpc) is 2.79. The highest BCUT2D eigenvalue weighted by Crippen LogP contribution is 2.19. The first-order valence-electron chi connectivity index (χ1n) is 6.69. The SMILES string of the molecule is CCOC(=O)[C@H]1CC(=O)N(CCc2ccccc2)C1. The van der Waals surface area contributed by atoms with Crippen LogP contribution in [0.2, 0.25) is 0 Å². The van der Waals surface area contributed by atoms with Gasteiger partial charge < -0.3 is 9.64 Å². The van der Waals surface area contributed by atoms with Gasteiger partial charge in [-0.2, -0.15) is 0 Å². The van der Waals surface area contributed by atoms with Gasteiger partial charge in [0.05, 0.1) is 12.5 Å². The Balaban J connectivity index is 1.85. The van der Waals surface area contributed by atoms with Gasteiger partial charge in [-0.05, 0) is 18.9 Å². The van der Waals surface area contributed by atoms with Crippen LogP contribution < -0.4 is 0 Å². The summed E-state index contributed by atoms with van der Waals surface area (Å²) in [5.74, 6) is -0.490. The van der Waals surface area contributed by atoms with Crippen molar-refractivity contribution in [1.82, 2.24) is 4.90 Å². The van der Waals surface area contributed by atoms with E-state index in [2.05, 4.69) is 0 Å². The fourth-order valence-electron chi connectivity index (χ4n) is 2.31. The number of hydrogen-bond donors (Lipinski definition) is 0. The normalized spacial score (nSPS) is 18.7. The standard InChI is InChI=1S/C15H19NO3/c1-2-19-15(18)13-10-14(17)16(11-13)9-8-12-6-4-3-5-7-12/h3-7,13H,2,8-11H2,1H3/t13-/m0/s1. The number of nitrogens with zero attached hydrogens (tertiary/aromatic N) is 1. The Kier molecular flexibility index (Phi) is 4.55. The van der Waals surface area contributed by atoms with Gasteiger partial charge in [-0.15, -0.1) is 0 Å². The molecule has 0 aromatic heterocycles. The molecule has 0 unspecified atom stereocenters. The predicted octanol–water partition coefficient (Wildman–Crippen LogP) is 1.64. The van der Waals surface area contributed by atoms with Gasteiger partial charge in [0.1, 0.15) is 0 Å². The smallest absolute Gasteiger partial charge is 0.311 e. The van der Waals surface area contributed by atoms with Crippen LogP contribution in [0.4, 0.5) is 0 Å². The van der Waals surface area contributed by atoms with E-state index in [1.807, 2.05) is 30.3 Å². The number of hydrogen-bond acceptors (Lipinski definition) is 3. The Bertz CT molecular complexity index is 444. The molecule has 0 bridgehead atoms. The van der Waals surface area contributed by atoms with Crippen molar-refractivity contribution in [2.75, 3.05) is 19.7 Å². The van der Waals surface area contributed by atoms with Gasteiger partial charge >= 0.3 is 5.97 Å². The molecule has 1 heterocycles. The third-order valence-corrected chi connectivity index (χ3v) is 3.35. The summed E-state index contributed by atoms with van der Waals surface area (Å²) in [5, 5.41) is 0. The molecule has 19 heavy (non-hydrogen) atoms. The van der Waals surface area contributed by atoms with Crippen LogP contribution in [0.3, 0.4) is 0 Å². The van der Waals surface area contributed by atoms with Gasteiger partial charge in [-0.3, -0.25) is 9.59 Å². The zero-order valence-corrected chi connectivity index (χ0v) is 11.2. The molecule has 2 rings (SSSR count). The molecule has 1 aromatic rings. The van der Waals surface area contributed by atoms with E-state index < -0.39 is 0 Å². The molecular weight excluding hydrogens is 242 g/mol. The molecule has 102 valence electrons. The van der Waals surface area contributed by atoms with E-state index in [0.717, 1.165) is 6.42 Å². The van der Waals surface area contributed by atoms with Crippen molar-refractivity contribution in [2.45, 2.75) is 19.8 Å². The minimum atomic E-state index is -0.289. The molecule has 4 nitrogen and oxygen atoms in total. The number of esters is 1. The van der Waals surface area contributed by atoms with Crippen molar-refractivity contribution >= 4 is 11.9 Å². The summed E-state index contributed by atoms with van der Waals surface area (Å²) in [6.45, 7) is 3.30. The van der Waals surface area contributed by atoms with Crippen LogP contribution in [-0.4, -0.2) is 36.5 Å². The maximum absolute atomic E-state index is 11.8. The van der Waals surface area contributed by atoms with Crippen LogP contribution in [0.1, 0.15) is 18.9 Å². The molecule has 1 aliphatic heterocycles. The Hall–Kier alpha value is -1.84. The Labute approximate surface area is 113 Å². The predicted molar refractivity (Wildman–Crippen MR) is 71.5 cm³/mol. The van der Waals surface area contributed by atoms with Gasteiger partial charge in [0.2, 0.25) is 5.91 Å². The Morgan fingerprint density at radius 2 is 2.11 bits per heavy atom. The first-order chi connectivity index (χ1) is 9.20. The summed E-state index contributed by atoms with van der Waals surface area (Å²) in [5.41, 5.74) is 1.20. The molecule has 1 atom stereocenters. The van der Waals surface area contributed by atoms with Gasteiger partial charge in [0.15, 0.2) is 0 Å². The number of amides is 1. The lowest BCUT2D eigenvalue weighted by atomic mass is 10.1. The van der Waals surface area contributed by atoms with E-state index in [4.69, 9.17) is 4.74 Å². The Morgan fingerprint density at radius 1 is 1.37 bits per heavy atom. The van der Waals surface area contributed by atoms with E-state index >= 15 is 0 Å². The maximum Gasteiger partial charge on any atom is 0.311 e. The highest BCUT2D eigenvalue weighted by Gasteiger charge is 2.34. The summed E-state index contributed by atoms with van der Waals surface area (Å²) in [6.07, 6.45) is 1.11.